The standard InChI is InChI=1S/C5H10S.C2H6/c1-2-4-6-5-3-1;1-2/h1-5H2;1-2H3. The van der Waals surface area contributed by atoms with E-state index in [-0.39, 0.29) is 0 Å². The molecule has 0 amide bonds. The van der Waals surface area contributed by atoms with Gasteiger partial charge in [0.2, 0.25) is 0 Å². The van der Waals surface area contributed by atoms with E-state index >= 15 is 0 Å². The Hall–Kier alpha value is 0.350. The van der Waals surface area contributed by atoms with Crippen LogP contribution in [0.5, 0.6) is 0 Å². The van der Waals surface area contributed by atoms with Gasteiger partial charge in [0.1, 0.15) is 0 Å². The summed E-state index contributed by atoms with van der Waals surface area (Å²) in [6, 6.07) is 0. The molecule has 0 N–H and O–H groups in total. The van der Waals surface area contributed by atoms with Crippen molar-refractivity contribution in [2.75, 3.05) is 11.5 Å². The van der Waals surface area contributed by atoms with Crippen LogP contribution in [0.2, 0.25) is 0 Å². The molecule has 0 saturated carbocycles. The van der Waals surface area contributed by atoms with E-state index in [0.29, 0.717) is 0 Å². The van der Waals surface area contributed by atoms with Gasteiger partial charge in [-0.15, -0.1) is 0 Å². The summed E-state index contributed by atoms with van der Waals surface area (Å²) in [7, 11) is 0. The first-order chi connectivity index (χ1) is 4.00. The third-order valence-corrected chi connectivity index (χ3v) is 2.23. The van der Waals surface area contributed by atoms with Crippen LogP contribution in [-0.4, -0.2) is 11.5 Å². The maximum absolute atomic E-state index is 2.09. The van der Waals surface area contributed by atoms with Crippen LogP contribution >= 0.6 is 11.8 Å². The molecule has 0 aromatic carbocycles. The molecule has 1 aliphatic rings. The molecular formula is C7H16S. The average molecular weight is 132 g/mol. The van der Waals surface area contributed by atoms with Crippen LogP contribution in [-0.2, 0) is 0 Å². The first-order valence-corrected chi connectivity index (χ1v) is 4.73. The summed E-state index contributed by atoms with van der Waals surface area (Å²) >= 11 is 2.09. The van der Waals surface area contributed by atoms with Crippen molar-refractivity contribution >= 4 is 11.8 Å². The summed E-state index contributed by atoms with van der Waals surface area (Å²) in [5.74, 6) is 2.83. The van der Waals surface area contributed by atoms with Crippen LogP contribution in [0.1, 0.15) is 33.1 Å². The van der Waals surface area contributed by atoms with E-state index in [1.807, 2.05) is 13.8 Å². The lowest BCUT2D eigenvalue weighted by molar-refractivity contribution is 0.764. The highest BCUT2D eigenvalue weighted by atomic mass is 32.2. The Labute approximate surface area is 57.1 Å². The van der Waals surface area contributed by atoms with Crippen molar-refractivity contribution in [2.45, 2.75) is 33.1 Å². The molecular weight excluding hydrogens is 116 g/mol. The molecule has 0 radical (unpaired) electrons. The summed E-state index contributed by atoms with van der Waals surface area (Å²) in [6.45, 7) is 4.00. The van der Waals surface area contributed by atoms with Crippen LogP contribution in [0, 0.1) is 0 Å². The van der Waals surface area contributed by atoms with Crippen molar-refractivity contribution < 1.29 is 0 Å². The fourth-order valence-electron chi connectivity index (χ4n) is 0.687. The van der Waals surface area contributed by atoms with Crippen LogP contribution in [0.4, 0.5) is 0 Å². The van der Waals surface area contributed by atoms with Crippen LogP contribution in [0.3, 0.4) is 0 Å². The molecule has 1 heterocycles. The molecule has 0 spiro atoms. The van der Waals surface area contributed by atoms with Crippen molar-refractivity contribution in [2.24, 2.45) is 0 Å². The van der Waals surface area contributed by atoms with E-state index < -0.39 is 0 Å². The molecule has 1 fully saturated rings. The summed E-state index contributed by atoms with van der Waals surface area (Å²) < 4.78 is 0. The molecule has 1 aliphatic heterocycles. The van der Waals surface area contributed by atoms with E-state index in [2.05, 4.69) is 11.8 Å². The molecule has 0 aromatic heterocycles. The maximum Gasteiger partial charge on any atom is -0.00675 e. The number of hydrogen-bond donors (Lipinski definition) is 0. The second kappa shape index (κ2) is 7.35. The molecule has 0 atom stereocenters. The van der Waals surface area contributed by atoms with Gasteiger partial charge in [0.05, 0.1) is 0 Å². The van der Waals surface area contributed by atoms with Crippen molar-refractivity contribution in [1.29, 1.82) is 0 Å². The number of hydrogen-bond acceptors (Lipinski definition) is 1. The van der Waals surface area contributed by atoms with E-state index in [0.717, 1.165) is 0 Å². The van der Waals surface area contributed by atoms with Gasteiger partial charge in [-0.25, -0.2) is 0 Å². The van der Waals surface area contributed by atoms with Gasteiger partial charge in [0, 0.05) is 0 Å². The highest BCUT2D eigenvalue weighted by Gasteiger charge is 1.95. The summed E-state index contributed by atoms with van der Waals surface area (Å²) in [5, 5.41) is 0. The van der Waals surface area contributed by atoms with E-state index in [9.17, 15) is 0 Å². The quantitative estimate of drug-likeness (QED) is 0.488. The smallest absolute Gasteiger partial charge is 0.00675 e. The first-order valence-electron chi connectivity index (χ1n) is 3.58. The Morgan fingerprint density at radius 1 is 0.875 bits per heavy atom. The van der Waals surface area contributed by atoms with Crippen molar-refractivity contribution in [1.82, 2.24) is 0 Å². The highest BCUT2D eigenvalue weighted by molar-refractivity contribution is 7.99. The van der Waals surface area contributed by atoms with Gasteiger partial charge in [-0.3, -0.25) is 0 Å². The number of thioether (sulfide) groups is 1. The maximum atomic E-state index is 2.09. The summed E-state index contributed by atoms with van der Waals surface area (Å²) in [5.41, 5.74) is 0. The van der Waals surface area contributed by atoms with Crippen molar-refractivity contribution in [3.63, 3.8) is 0 Å². The second-order valence-corrected chi connectivity index (χ2v) is 2.90. The topological polar surface area (TPSA) is 0 Å². The average Bonchev–Trinajstić information content (AvgIpc) is 1.96. The molecule has 0 aliphatic carbocycles. The minimum Gasteiger partial charge on any atom is -0.162 e. The lowest BCUT2D eigenvalue weighted by Gasteiger charge is -2.05. The summed E-state index contributed by atoms with van der Waals surface area (Å²) in [4.78, 5) is 0. The number of rotatable bonds is 0. The molecule has 0 nitrogen and oxygen atoms in total. The monoisotopic (exact) mass is 132 g/mol. The molecule has 8 heavy (non-hydrogen) atoms. The third-order valence-electron chi connectivity index (χ3n) is 1.08. The van der Waals surface area contributed by atoms with Crippen LogP contribution < -0.4 is 0 Å². The van der Waals surface area contributed by atoms with Crippen LogP contribution in [0.25, 0.3) is 0 Å². The van der Waals surface area contributed by atoms with Crippen LogP contribution in [0.15, 0.2) is 0 Å². The molecule has 0 bridgehead atoms. The Morgan fingerprint density at radius 2 is 1.38 bits per heavy atom. The zero-order chi connectivity index (χ0) is 6.24. The molecule has 0 unspecified atom stereocenters. The molecule has 1 saturated heterocycles. The highest BCUT2D eigenvalue weighted by Crippen LogP contribution is 2.14. The van der Waals surface area contributed by atoms with Gasteiger partial charge >= 0.3 is 0 Å². The Bertz CT molecular complexity index is 19.9. The summed E-state index contributed by atoms with van der Waals surface area (Å²) in [6.07, 6.45) is 4.41. The third kappa shape index (κ3) is 4.51. The predicted octanol–water partition coefficient (Wildman–Crippen LogP) is 2.93. The SMILES string of the molecule is C1CCSCC1.CC. The van der Waals surface area contributed by atoms with Crippen molar-refractivity contribution in [3.8, 4) is 0 Å². The minimum absolute atomic E-state index is 1.42. The van der Waals surface area contributed by atoms with E-state index in [1.54, 1.807) is 0 Å². The molecule has 1 heteroatoms. The van der Waals surface area contributed by atoms with E-state index in [4.69, 9.17) is 0 Å². The molecule has 0 aromatic rings. The molecule has 50 valence electrons. The Balaban J connectivity index is 0.000000222. The first kappa shape index (κ1) is 8.35. The Kier molecular flexibility index (Phi) is 7.67. The van der Waals surface area contributed by atoms with Gasteiger partial charge < -0.3 is 0 Å². The fourth-order valence-corrected chi connectivity index (χ4v) is 1.71. The van der Waals surface area contributed by atoms with Gasteiger partial charge in [0.15, 0.2) is 0 Å². The lowest BCUT2D eigenvalue weighted by Crippen LogP contribution is -1.91. The zero-order valence-electron chi connectivity index (χ0n) is 5.94. The normalized spacial score (nSPS) is 18.8. The van der Waals surface area contributed by atoms with Gasteiger partial charge in [0.25, 0.3) is 0 Å². The van der Waals surface area contributed by atoms with Gasteiger partial charge in [-0.1, -0.05) is 20.3 Å². The second-order valence-electron chi connectivity index (χ2n) is 1.67. The fraction of sp³-hybridized carbons (Fsp3) is 1.00. The Morgan fingerprint density at radius 3 is 1.50 bits per heavy atom. The van der Waals surface area contributed by atoms with E-state index in [1.165, 1.54) is 30.8 Å². The van der Waals surface area contributed by atoms with Gasteiger partial charge in [-0.05, 0) is 24.3 Å². The van der Waals surface area contributed by atoms with Crippen molar-refractivity contribution in [3.05, 3.63) is 0 Å². The minimum atomic E-state index is 1.42. The largest absolute Gasteiger partial charge is 0.162 e. The van der Waals surface area contributed by atoms with Gasteiger partial charge in [-0.2, -0.15) is 11.8 Å². The zero-order valence-corrected chi connectivity index (χ0v) is 6.76. The predicted molar refractivity (Wildman–Crippen MR) is 42.5 cm³/mol. The lowest BCUT2D eigenvalue weighted by atomic mass is 10.3. The molecule has 1 rings (SSSR count).